The summed E-state index contributed by atoms with van der Waals surface area (Å²) in [7, 11) is 1.71. The Balaban J connectivity index is 2.29. The number of rotatable bonds is 5. The van der Waals surface area contributed by atoms with E-state index in [1.54, 1.807) is 13.1 Å². The van der Waals surface area contributed by atoms with E-state index < -0.39 is 4.92 Å². The molecule has 0 bridgehead atoms. The van der Waals surface area contributed by atoms with Crippen LogP contribution in [0.15, 0.2) is 17.5 Å². The molecule has 0 aliphatic carbocycles. The maximum absolute atomic E-state index is 11.0. The SMILES string of the molecule is CNc1ccc([N+](=O)[O-])c(NC(C)c2nc(C)cs2)n1. The van der Waals surface area contributed by atoms with Gasteiger partial charge in [-0.25, -0.2) is 9.97 Å². The lowest BCUT2D eigenvalue weighted by Gasteiger charge is -2.12. The molecular weight excluding hydrogens is 278 g/mol. The van der Waals surface area contributed by atoms with Crippen molar-refractivity contribution in [2.45, 2.75) is 19.9 Å². The van der Waals surface area contributed by atoms with E-state index in [0.717, 1.165) is 10.7 Å². The molecule has 7 nitrogen and oxygen atoms in total. The first kappa shape index (κ1) is 14.2. The summed E-state index contributed by atoms with van der Waals surface area (Å²) in [6, 6.07) is 2.86. The molecule has 2 rings (SSSR count). The minimum Gasteiger partial charge on any atom is -0.373 e. The van der Waals surface area contributed by atoms with Gasteiger partial charge >= 0.3 is 5.69 Å². The lowest BCUT2D eigenvalue weighted by atomic mass is 10.3. The highest BCUT2D eigenvalue weighted by atomic mass is 32.1. The number of nitrogens with zero attached hydrogens (tertiary/aromatic N) is 3. The van der Waals surface area contributed by atoms with Crippen LogP contribution in [0, 0.1) is 17.0 Å². The fourth-order valence-corrected chi connectivity index (χ4v) is 2.49. The van der Waals surface area contributed by atoms with Crippen LogP contribution in [-0.4, -0.2) is 21.9 Å². The van der Waals surface area contributed by atoms with E-state index >= 15 is 0 Å². The first-order chi connectivity index (χ1) is 9.51. The predicted molar refractivity (Wildman–Crippen MR) is 79.3 cm³/mol. The molecule has 106 valence electrons. The van der Waals surface area contributed by atoms with Crippen molar-refractivity contribution in [1.29, 1.82) is 0 Å². The number of aromatic nitrogens is 2. The van der Waals surface area contributed by atoms with Gasteiger partial charge in [0.05, 0.1) is 11.0 Å². The highest BCUT2D eigenvalue weighted by Crippen LogP contribution is 2.28. The fourth-order valence-electron chi connectivity index (χ4n) is 1.68. The van der Waals surface area contributed by atoms with Crippen LogP contribution in [0.25, 0.3) is 0 Å². The van der Waals surface area contributed by atoms with Crippen LogP contribution in [-0.2, 0) is 0 Å². The third-order valence-electron chi connectivity index (χ3n) is 2.69. The molecule has 2 N–H and O–H groups in total. The van der Waals surface area contributed by atoms with Gasteiger partial charge in [-0.05, 0) is 19.9 Å². The number of nitro groups is 1. The second-order valence-electron chi connectivity index (χ2n) is 4.26. The van der Waals surface area contributed by atoms with Gasteiger partial charge in [0.25, 0.3) is 0 Å². The van der Waals surface area contributed by atoms with E-state index in [4.69, 9.17) is 0 Å². The van der Waals surface area contributed by atoms with Crippen LogP contribution < -0.4 is 10.6 Å². The molecule has 0 saturated heterocycles. The minimum absolute atomic E-state index is 0.0517. The van der Waals surface area contributed by atoms with Crippen molar-refractivity contribution in [1.82, 2.24) is 9.97 Å². The van der Waals surface area contributed by atoms with E-state index in [9.17, 15) is 10.1 Å². The quantitative estimate of drug-likeness (QED) is 0.650. The van der Waals surface area contributed by atoms with Crippen molar-refractivity contribution in [2.75, 3.05) is 17.7 Å². The standard InChI is InChI=1S/C12H15N5O2S/c1-7-6-20-12(14-7)8(2)15-11-9(17(18)19)4-5-10(13-3)16-11/h4-6,8H,1-3H3,(H2,13,15,16). The Morgan fingerprint density at radius 2 is 2.15 bits per heavy atom. The molecule has 0 saturated carbocycles. The number of thiazole rings is 1. The monoisotopic (exact) mass is 293 g/mol. The van der Waals surface area contributed by atoms with Crippen molar-refractivity contribution in [3.63, 3.8) is 0 Å². The fraction of sp³-hybridized carbons (Fsp3) is 0.333. The number of aryl methyl sites for hydroxylation is 1. The minimum atomic E-state index is -0.450. The molecule has 0 aliphatic heterocycles. The van der Waals surface area contributed by atoms with E-state index in [0.29, 0.717) is 5.82 Å². The Hall–Kier alpha value is -2.22. The van der Waals surface area contributed by atoms with E-state index in [-0.39, 0.29) is 17.5 Å². The Labute approximate surface area is 120 Å². The van der Waals surface area contributed by atoms with Crippen LogP contribution in [0.2, 0.25) is 0 Å². The average molecular weight is 293 g/mol. The van der Waals surface area contributed by atoms with Gasteiger partial charge in [0.2, 0.25) is 5.82 Å². The average Bonchev–Trinajstić information content (AvgIpc) is 2.85. The molecule has 0 aliphatic rings. The van der Waals surface area contributed by atoms with E-state index in [1.165, 1.54) is 17.4 Å². The number of hydrogen-bond donors (Lipinski definition) is 2. The second-order valence-corrected chi connectivity index (χ2v) is 5.15. The van der Waals surface area contributed by atoms with Crippen LogP contribution in [0.3, 0.4) is 0 Å². The van der Waals surface area contributed by atoms with Crippen molar-refractivity contribution in [3.8, 4) is 0 Å². The van der Waals surface area contributed by atoms with Gasteiger partial charge in [0, 0.05) is 24.2 Å². The first-order valence-electron chi connectivity index (χ1n) is 6.03. The summed E-state index contributed by atoms with van der Waals surface area (Å²) < 4.78 is 0. The van der Waals surface area contributed by atoms with Crippen LogP contribution in [0.1, 0.15) is 23.7 Å². The lowest BCUT2D eigenvalue weighted by Crippen LogP contribution is -2.10. The second kappa shape index (κ2) is 5.83. The molecule has 0 fully saturated rings. The predicted octanol–water partition coefficient (Wildman–Crippen LogP) is 2.97. The summed E-state index contributed by atoms with van der Waals surface area (Å²) in [5.74, 6) is 0.808. The highest BCUT2D eigenvalue weighted by Gasteiger charge is 2.19. The maximum Gasteiger partial charge on any atom is 0.311 e. The smallest absolute Gasteiger partial charge is 0.311 e. The van der Waals surface area contributed by atoms with E-state index in [2.05, 4.69) is 20.6 Å². The number of anilines is 2. The maximum atomic E-state index is 11.0. The Bertz CT molecular complexity index is 628. The highest BCUT2D eigenvalue weighted by molar-refractivity contribution is 7.09. The lowest BCUT2D eigenvalue weighted by molar-refractivity contribution is -0.384. The van der Waals surface area contributed by atoms with Crippen LogP contribution in [0.4, 0.5) is 17.3 Å². The van der Waals surface area contributed by atoms with Crippen molar-refractivity contribution in [2.24, 2.45) is 0 Å². The summed E-state index contributed by atoms with van der Waals surface area (Å²) in [4.78, 5) is 19.2. The van der Waals surface area contributed by atoms with Gasteiger partial charge in [0.1, 0.15) is 10.8 Å². The third-order valence-corrected chi connectivity index (χ3v) is 3.83. The molecule has 0 amide bonds. The molecule has 0 aromatic carbocycles. The van der Waals surface area contributed by atoms with Gasteiger partial charge < -0.3 is 10.6 Å². The Morgan fingerprint density at radius 3 is 2.70 bits per heavy atom. The Kier molecular flexibility index (Phi) is 4.14. The van der Waals surface area contributed by atoms with Crippen molar-refractivity contribution >= 4 is 28.7 Å². The summed E-state index contributed by atoms with van der Waals surface area (Å²) in [5.41, 5.74) is 0.884. The number of hydrogen-bond acceptors (Lipinski definition) is 7. The topological polar surface area (TPSA) is 93.0 Å². The zero-order chi connectivity index (χ0) is 14.7. The molecule has 20 heavy (non-hydrogen) atoms. The van der Waals surface area contributed by atoms with Crippen LogP contribution >= 0.6 is 11.3 Å². The molecule has 1 unspecified atom stereocenters. The molecule has 2 aromatic heterocycles. The van der Waals surface area contributed by atoms with E-state index in [1.807, 2.05) is 19.2 Å². The summed E-state index contributed by atoms with van der Waals surface area (Å²) in [6.45, 7) is 3.81. The molecule has 0 radical (unpaired) electrons. The number of pyridine rings is 1. The van der Waals surface area contributed by atoms with Gasteiger partial charge in [-0.2, -0.15) is 0 Å². The zero-order valence-electron chi connectivity index (χ0n) is 11.4. The molecule has 2 aromatic rings. The molecule has 1 atom stereocenters. The van der Waals surface area contributed by atoms with Gasteiger partial charge in [-0.1, -0.05) is 0 Å². The first-order valence-corrected chi connectivity index (χ1v) is 6.91. The summed E-state index contributed by atoms with van der Waals surface area (Å²) in [6.07, 6.45) is 0. The number of nitrogens with one attached hydrogen (secondary N) is 2. The molecule has 0 spiro atoms. The Morgan fingerprint density at radius 1 is 1.40 bits per heavy atom. The summed E-state index contributed by atoms with van der Waals surface area (Å²) >= 11 is 1.51. The van der Waals surface area contributed by atoms with Gasteiger partial charge in [-0.15, -0.1) is 11.3 Å². The normalized spacial score (nSPS) is 11.9. The van der Waals surface area contributed by atoms with Crippen LogP contribution in [0.5, 0.6) is 0 Å². The van der Waals surface area contributed by atoms with Gasteiger partial charge in [0.15, 0.2) is 0 Å². The van der Waals surface area contributed by atoms with Gasteiger partial charge in [-0.3, -0.25) is 10.1 Å². The molecule has 8 heteroatoms. The van der Waals surface area contributed by atoms with Crippen molar-refractivity contribution < 1.29 is 4.92 Å². The van der Waals surface area contributed by atoms with Crippen molar-refractivity contribution in [3.05, 3.63) is 38.3 Å². The molecule has 2 heterocycles. The third kappa shape index (κ3) is 3.02. The molecular formula is C12H15N5O2S. The largest absolute Gasteiger partial charge is 0.373 e. The summed E-state index contributed by atoms with van der Waals surface area (Å²) in [5, 5.41) is 19.8. The zero-order valence-corrected chi connectivity index (χ0v) is 12.2.